The van der Waals surface area contributed by atoms with Crippen molar-refractivity contribution in [3.63, 3.8) is 0 Å². The molecule has 0 aromatic carbocycles. The van der Waals surface area contributed by atoms with Gasteiger partial charge in [-0.05, 0) is 6.92 Å². The number of hydrogen-bond acceptors (Lipinski definition) is 7. The summed E-state index contributed by atoms with van der Waals surface area (Å²) >= 11 is 0. The molecule has 0 radical (unpaired) electrons. The van der Waals surface area contributed by atoms with E-state index in [1.807, 2.05) is 0 Å². The van der Waals surface area contributed by atoms with Gasteiger partial charge in [0.2, 0.25) is 6.29 Å². The number of aliphatic hydroxyl groups excluding tert-OH is 4. The van der Waals surface area contributed by atoms with Crippen molar-refractivity contribution < 1.29 is 34.9 Å². The van der Waals surface area contributed by atoms with Crippen molar-refractivity contribution >= 4 is 0 Å². The molecule has 1 rings (SSSR count). The van der Waals surface area contributed by atoms with Gasteiger partial charge in [0.25, 0.3) is 0 Å². The molecule has 0 amide bonds. The standard InChI is InChI=1S/C8H16O7/c1-2-13-15-8-7(12)6(11)5(10)4(3-9)14-8/h4-12H,2-3H2,1H3/t4-,5-,6+,7-,8?/m1/s1. The van der Waals surface area contributed by atoms with Crippen molar-refractivity contribution in [1.82, 2.24) is 0 Å². The summed E-state index contributed by atoms with van der Waals surface area (Å²) in [6, 6.07) is 0. The third-order valence-corrected chi connectivity index (χ3v) is 2.13. The van der Waals surface area contributed by atoms with Gasteiger partial charge in [0.15, 0.2) is 0 Å². The Morgan fingerprint density at radius 1 is 1.13 bits per heavy atom. The van der Waals surface area contributed by atoms with Gasteiger partial charge in [-0.1, -0.05) is 0 Å². The molecule has 1 saturated heterocycles. The summed E-state index contributed by atoms with van der Waals surface area (Å²) < 4.78 is 4.98. The highest BCUT2D eigenvalue weighted by molar-refractivity contribution is 4.88. The first-order valence-electron chi connectivity index (χ1n) is 4.70. The van der Waals surface area contributed by atoms with Crippen molar-refractivity contribution in [3.8, 4) is 0 Å². The molecule has 0 aromatic heterocycles. The minimum atomic E-state index is -1.44. The van der Waals surface area contributed by atoms with E-state index in [-0.39, 0.29) is 6.61 Å². The summed E-state index contributed by atoms with van der Waals surface area (Å²) in [6.45, 7) is 1.43. The maximum Gasteiger partial charge on any atom is 0.220 e. The van der Waals surface area contributed by atoms with Crippen LogP contribution in [0.1, 0.15) is 6.92 Å². The molecule has 1 unspecified atom stereocenters. The van der Waals surface area contributed by atoms with Crippen LogP contribution < -0.4 is 0 Å². The third kappa shape index (κ3) is 2.85. The Bertz CT molecular complexity index is 186. The Hall–Kier alpha value is -0.280. The minimum absolute atomic E-state index is 0.245. The van der Waals surface area contributed by atoms with Crippen LogP contribution in [0.5, 0.6) is 0 Å². The second-order valence-electron chi connectivity index (χ2n) is 3.20. The lowest BCUT2D eigenvalue weighted by molar-refractivity contribution is -0.424. The SMILES string of the molecule is CCOOC1O[C@H](CO)[C@@H](O)[C@H](O)[C@H]1O. The van der Waals surface area contributed by atoms with E-state index in [1.165, 1.54) is 0 Å². The predicted octanol–water partition coefficient (Wildman–Crippen LogP) is -2.25. The van der Waals surface area contributed by atoms with Crippen LogP contribution in [0, 0.1) is 0 Å². The fourth-order valence-corrected chi connectivity index (χ4v) is 1.28. The highest BCUT2D eigenvalue weighted by Gasteiger charge is 2.44. The Kier molecular flexibility index (Phi) is 4.87. The van der Waals surface area contributed by atoms with E-state index in [0.717, 1.165) is 0 Å². The molecule has 1 fully saturated rings. The molecule has 0 aliphatic carbocycles. The lowest BCUT2D eigenvalue weighted by atomic mass is 9.99. The number of hydrogen-bond donors (Lipinski definition) is 4. The van der Waals surface area contributed by atoms with Crippen molar-refractivity contribution in [1.29, 1.82) is 0 Å². The van der Waals surface area contributed by atoms with Crippen LogP contribution in [-0.2, 0) is 14.5 Å². The zero-order valence-electron chi connectivity index (χ0n) is 8.31. The van der Waals surface area contributed by atoms with Crippen molar-refractivity contribution in [2.45, 2.75) is 37.6 Å². The van der Waals surface area contributed by atoms with E-state index in [9.17, 15) is 15.3 Å². The molecule has 4 N–H and O–H groups in total. The van der Waals surface area contributed by atoms with Crippen LogP contribution >= 0.6 is 0 Å². The number of ether oxygens (including phenoxy) is 1. The van der Waals surface area contributed by atoms with Gasteiger partial charge in [-0.3, -0.25) is 0 Å². The highest BCUT2D eigenvalue weighted by atomic mass is 17.2. The van der Waals surface area contributed by atoms with Crippen LogP contribution in [0.3, 0.4) is 0 Å². The summed E-state index contributed by atoms with van der Waals surface area (Å²) in [6.07, 6.45) is -6.45. The average Bonchev–Trinajstić information content (AvgIpc) is 2.25. The summed E-state index contributed by atoms with van der Waals surface area (Å²) in [7, 11) is 0. The van der Waals surface area contributed by atoms with Gasteiger partial charge in [-0.25, -0.2) is 9.78 Å². The van der Waals surface area contributed by atoms with Crippen molar-refractivity contribution in [2.24, 2.45) is 0 Å². The maximum atomic E-state index is 9.43. The molecular formula is C8H16O7. The molecule has 90 valence electrons. The molecule has 1 aliphatic rings. The second-order valence-corrected chi connectivity index (χ2v) is 3.20. The zero-order valence-corrected chi connectivity index (χ0v) is 8.31. The first kappa shape index (κ1) is 12.8. The summed E-state index contributed by atoms with van der Waals surface area (Å²) in [5.41, 5.74) is 0. The summed E-state index contributed by atoms with van der Waals surface area (Å²) in [5.74, 6) is 0. The summed E-state index contributed by atoms with van der Waals surface area (Å²) in [5, 5.41) is 37.0. The Labute approximate surface area is 86.7 Å². The van der Waals surface area contributed by atoms with Gasteiger partial charge >= 0.3 is 0 Å². The van der Waals surface area contributed by atoms with E-state index in [4.69, 9.17) is 9.84 Å². The van der Waals surface area contributed by atoms with Gasteiger partial charge in [0.1, 0.15) is 24.4 Å². The molecule has 1 heterocycles. The van der Waals surface area contributed by atoms with Gasteiger partial charge < -0.3 is 25.2 Å². The minimum Gasteiger partial charge on any atom is -0.394 e. The smallest absolute Gasteiger partial charge is 0.220 e. The van der Waals surface area contributed by atoms with Crippen LogP contribution in [0.4, 0.5) is 0 Å². The number of rotatable bonds is 4. The Balaban J connectivity index is 2.57. The summed E-state index contributed by atoms with van der Waals surface area (Å²) in [4.78, 5) is 9.20. The average molecular weight is 224 g/mol. The molecular weight excluding hydrogens is 208 g/mol. The Morgan fingerprint density at radius 2 is 1.80 bits per heavy atom. The van der Waals surface area contributed by atoms with Crippen LogP contribution in [-0.4, -0.2) is 64.3 Å². The monoisotopic (exact) mass is 224 g/mol. The van der Waals surface area contributed by atoms with Crippen LogP contribution in [0.2, 0.25) is 0 Å². The van der Waals surface area contributed by atoms with Gasteiger partial charge in [0, 0.05) is 0 Å². The number of aliphatic hydroxyl groups is 4. The molecule has 7 heteroatoms. The van der Waals surface area contributed by atoms with Crippen molar-refractivity contribution in [3.05, 3.63) is 0 Å². The second kappa shape index (κ2) is 5.71. The van der Waals surface area contributed by atoms with E-state index < -0.39 is 37.3 Å². The fraction of sp³-hybridized carbons (Fsp3) is 1.00. The molecule has 7 nitrogen and oxygen atoms in total. The van der Waals surface area contributed by atoms with Crippen LogP contribution in [0.15, 0.2) is 0 Å². The topological polar surface area (TPSA) is 109 Å². The molecule has 0 aromatic rings. The lowest BCUT2D eigenvalue weighted by Crippen LogP contribution is -2.59. The normalized spacial score (nSPS) is 41.8. The predicted molar refractivity (Wildman–Crippen MR) is 46.5 cm³/mol. The van der Waals surface area contributed by atoms with E-state index >= 15 is 0 Å². The first-order chi connectivity index (χ1) is 7.11. The quantitative estimate of drug-likeness (QED) is 0.315. The Morgan fingerprint density at radius 3 is 2.33 bits per heavy atom. The van der Waals surface area contributed by atoms with E-state index in [0.29, 0.717) is 0 Å². The van der Waals surface area contributed by atoms with Gasteiger partial charge in [-0.2, -0.15) is 0 Å². The zero-order chi connectivity index (χ0) is 11.4. The molecule has 5 atom stereocenters. The first-order valence-corrected chi connectivity index (χ1v) is 4.70. The van der Waals surface area contributed by atoms with E-state index in [2.05, 4.69) is 9.78 Å². The lowest BCUT2D eigenvalue weighted by Gasteiger charge is -2.38. The molecule has 1 aliphatic heterocycles. The van der Waals surface area contributed by atoms with Gasteiger partial charge in [0.05, 0.1) is 13.2 Å². The molecule has 15 heavy (non-hydrogen) atoms. The molecule has 0 saturated carbocycles. The largest absolute Gasteiger partial charge is 0.394 e. The molecule has 0 spiro atoms. The fourth-order valence-electron chi connectivity index (χ4n) is 1.28. The van der Waals surface area contributed by atoms with Gasteiger partial charge in [-0.15, -0.1) is 0 Å². The maximum absolute atomic E-state index is 9.43. The highest BCUT2D eigenvalue weighted by Crippen LogP contribution is 2.21. The van der Waals surface area contributed by atoms with E-state index in [1.54, 1.807) is 6.92 Å². The van der Waals surface area contributed by atoms with Crippen LogP contribution in [0.25, 0.3) is 0 Å². The molecule has 0 bridgehead atoms. The van der Waals surface area contributed by atoms with Crippen molar-refractivity contribution in [2.75, 3.05) is 13.2 Å². The third-order valence-electron chi connectivity index (χ3n) is 2.13.